The van der Waals surface area contributed by atoms with Gasteiger partial charge in [-0.15, -0.1) is 0 Å². The molecule has 1 aromatic carbocycles. The van der Waals surface area contributed by atoms with E-state index in [1.165, 1.54) is 12.1 Å². The molecule has 0 amide bonds. The third-order valence-corrected chi connectivity index (χ3v) is 4.94. The molecule has 0 heterocycles. The van der Waals surface area contributed by atoms with E-state index in [-0.39, 0.29) is 11.2 Å². The zero-order valence-corrected chi connectivity index (χ0v) is 12.2. The van der Waals surface area contributed by atoms with Crippen molar-refractivity contribution in [2.24, 2.45) is 11.3 Å². The molecule has 0 aliphatic heterocycles. The highest BCUT2D eigenvalue weighted by Gasteiger charge is 2.28. The Morgan fingerprint density at radius 3 is 2.50 bits per heavy atom. The topological polar surface area (TPSA) is 0 Å². The van der Waals surface area contributed by atoms with Gasteiger partial charge in [-0.2, -0.15) is 0 Å². The summed E-state index contributed by atoms with van der Waals surface area (Å²) in [6.07, 6.45) is 0.856. The average Bonchev–Trinajstić information content (AvgIpc) is 2.22. The number of hydrogen-bond donors (Lipinski definition) is 0. The van der Waals surface area contributed by atoms with Gasteiger partial charge < -0.3 is 0 Å². The normalized spacial score (nSPS) is 15.2. The number of rotatable bonds is 4. The fourth-order valence-corrected chi connectivity index (χ4v) is 2.59. The molecule has 0 saturated carbocycles. The Balaban J connectivity index is 2.95. The summed E-state index contributed by atoms with van der Waals surface area (Å²) in [5.74, 6) is 0.256. The van der Waals surface area contributed by atoms with Crippen molar-refractivity contribution in [2.45, 2.75) is 27.2 Å². The molecule has 0 aliphatic rings. The standard InChI is InChI=1S/C13H17BrClF/c1-9(2)13(3,8-14)7-10-4-5-11(16)6-12(10)15/h4-6,9H,7-8H2,1-3H3. The van der Waals surface area contributed by atoms with E-state index in [0.717, 1.165) is 17.3 Å². The van der Waals surface area contributed by atoms with Crippen molar-refractivity contribution in [3.63, 3.8) is 0 Å². The first-order valence-electron chi connectivity index (χ1n) is 5.39. The Morgan fingerprint density at radius 1 is 1.44 bits per heavy atom. The van der Waals surface area contributed by atoms with Gasteiger partial charge in [-0.25, -0.2) is 4.39 Å². The molecule has 0 radical (unpaired) electrons. The van der Waals surface area contributed by atoms with Crippen LogP contribution in [0.3, 0.4) is 0 Å². The predicted octanol–water partition coefficient (Wildman–Crippen LogP) is 5.08. The summed E-state index contributed by atoms with van der Waals surface area (Å²) >= 11 is 9.59. The fourth-order valence-electron chi connectivity index (χ4n) is 1.51. The molecule has 0 bridgehead atoms. The quantitative estimate of drug-likeness (QED) is 0.681. The van der Waals surface area contributed by atoms with E-state index in [0.29, 0.717) is 10.9 Å². The Labute approximate surface area is 110 Å². The second kappa shape index (κ2) is 5.50. The molecule has 1 unspecified atom stereocenters. The van der Waals surface area contributed by atoms with Crippen LogP contribution in [0, 0.1) is 17.2 Å². The first-order chi connectivity index (χ1) is 7.39. The lowest BCUT2D eigenvalue weighted by molar-refractivity contribution is 0.258. The van der Waals surface area contributed by atoms with Crippen molar-refractivity contribution in [2.75, 3.05) is 5.33 Å². The van der Waals surface area contributed by atoms with Crippen LogP contribution in [-0.4, -0.2) is 5.33 Å². The number of hydrogen-bond acceptors (Lipinski definition) is 0. The van der Waals surface area contributed by atoms with Crippen molar-refractivity contribution in [3.05, 3.63) is 34.6 Å². The minimum Gasteiger partial charge on any atom is -0.207 e. The van der Waals surface area contributed by atoms with E-state index >= 15 is 0 Å². The summed E-state index contributed by atoms with van der Waals surface area (Å²) < 4.78 is 12.9. The zero-order chi connectivity index (χ0) is 12.3. The van der Waals surface area contributed by atoms with Gasteiger partial charge in [-0.1, -0.05) is 54.4 Å². The highest BCUT2D eigenvalue weighted by atomic mass is 79.9. The monoisotopic (exact) mass is 306 g/mol. The second-order valence-corrected chi connectivity index (χ2v) is 5.82. The van der Waals surface area contributed by atoms with Crippen LogP contribution in [0.25, 0.3) is 0 Å². The maximum atomic E-state index is 12.9. The second-order valence-electron chi connectivity index (χ2n) is 4.85. The summed E-state index contributed by atoms with van der Waals surface area (Å²) in [5.41, 5.74) is 1.15. The molecule has 0 fully saturated rings. The van der Waals surface area contributed by atoms with Gasteiger partial charge >= 0.3 is 0 Å². The molecule has 0 nitrogen and oxygen atoms in total. The Kier molecular flexibility index (Phi) is 4.81. The fraction of sp³-hybridized carbons (Fsp3) is 0.538. The molecule has 0 spiro atoms. The molecular formula is C13H17BrClF. The third-order valence-electron chi connectivity index (χ3n) is 3.31. The molecule has 0 saturated heterocycles. The van der Waals surface area contributed by atoms with Gasteiger partial charge in [0.1, 0.15) is 5.82 Å². The molecule has 1 aromatic rings. The molecule has 0 aliphatic carbocycles. The van der Waals surface area contributed by atoms with E-state index in [1.807, 2.05) is 0 Å². The van der Waals surface area contributed by atoms with Crippen LogP contribution in [-0.2, 0) is 6.42 Å². The van der Waals surface area contributed by atoms with Crippen LogP contribution in [0.1, 0.15) is 26.3 Å². The minimum atomic E-state index is -0.279. The number of halogens is 3. The maximum Gasteiger partial charge on any atom is 0.124 e. The lowest BCUT2D eigenvalue weighted by Crippen LogP contribution is -2.28. The number of alkyl halides is 1. The van der Waals surface area contributed by atoms with Crippen LogP contribution in [0.15, 0.2) is 18.2 Å². The van der Waals surface area contributed by atoms with E-state index in [2.05, 4.69) is 36.7 Å². The molecule has 90 valence electrons. The highest BCUT2D eigenvalue weighted by Crippen LogP contribution is 2.35. The van der Waals surface area contributed by atoms with Crippen LogP contribution >= 0.6 is 27.5 Å². The Bertz CT molecular complexity index is 365. The van der Waals surface area contributed by atoms with Gasteiger partial charge in [-0.3, -0.25) is 0 Å². The molecule has 3 heteroatoms. The molecule has 0 N–H and O–H groups in total. The zero-order valence-electron chi connectivity index (χ0n) is 9.86. The van der Waals surface area contributed by atoms with Gasteiger partial charge in [0.25, 0.3) is 0 Å². The maximum absolute atomic E-state index is 12.9. The molecule has 16 heavy (non-hydrogen) atoms. The van der Waals surface area contributed by atoms with E-state index < -0.39 is 0 Å². The number of benzene rings is 1. The third kappa shape index (κ3) is 3.21. The summed E-state index contributed by atoms with van der Waals surface area (Å²) in [4.78, 5) is 0. The van der Waals surface area contributed by atoms with Crippen molar-refractivity contribution >= 4 is 27.5 Å². The largest absolute Gasteiger partial charge is 0.207 e. The van der Waals surface area contributed by atoms with Gasteiger partial charge in [0, 0.05) is 10.4 Å². The Hall–Kier alpha value is -0.0800. The van der Waals surface area contributed by atoms with E-state index in [1.54, 1.807) is 6.07 Å². The molecule has 1 rings (SSSR count). The van der Waals surface area contributed by atoms with Crippen LogP contribution in [0.2, 0.25) is 5.02 Å². The molecular weight excluding hydrogens is 290 g/mol. The Morgan fingerprint density at radius 2 is 2.06 bits per heavy atom. The molecule has 1 atom stereocenters. The summed E-state index contributed by atoms with van der Waals surface area (Å²) in [6.45, 7) is 6.60. The first-order valence-corrected chi connectivity index (χ1v) is 6.89. The van der Waals surface area contributed by atoms with Gasteiger partial charge in [0.05, 0.1) is 0 Å². The predicted molar refractivity (Wildman–Crippen MR) is 71.9 cm³/mol. The van der Waals surface area contributed by atoms with E-state index in [4.69, 9.17) is 11.6 Å². The van der Waals surface area contributed by atoms with Crippen LogP contribution in [0.4, 0.5) is 4.39 Å². The van der Waals surface area contributed by atoms with Crippen molar-refractivity contribution in [1.82, 2.24) is 0 Å². The summed E-state index contributed by atoms with van der Waals surface area (Å²) in [6, 6.07) is 4.63. The van der Waals surface area contributed by atoms with Crippen molar-refractivity contribution in [3.8, 4) is 0 Å². The van der Waals surface area contributed by atoms with Crippen molar-refractivity contribution in [1.29, 1.82) is 0 Å². The minimum absolute atomic E-state index is 0.140. The van der Waals surface area contributed by atoms with Gasteiger partial charge in [0.15, 0.2) is 0 Å². The van der Waals surface area contributed by atoms with E-state index in [9.17, 15) is 4.39 Å². The van der Waals surface area contributed by atoms with Gasteiger partial charge in [0.2, 0.25) is 0 Å². The summed E-state index contributed by atoms with van der Waals surface area (Å²) in [5, 5.41) is 1.43. The smallest absolute Gasteiger partial charge is 0.124 e. The molecule has 0 aromatic heterocycles. The van der Waals surface area contributed by atoms with Crippen LogP contribution < -0.4 is 0 Å². The van der Waals surface area contributed by atoms with Crippen LogP contribution in [0.5, 0.6) is 0 Å². The van der Waals surface area contributed by atoms with Gasteiger partial charge in [-0.05, 0) is 35.4 Å². The lowest BCUT2D eigenvalue weighted by atomic mass is 9.76. The summed E-state index contributed by atoms with van der Waals surface area (Å²) in [7, 11) is 0. The SMILES string of the molecule is CC(C)C(C)(CBr)Cc1ccc(F)cc1Cl. The van der Waals surface area contributed by atoms with Crippen molar-refractivity contribution < 1.29 is 4.39 Å². The lowest BCUT2D eigenvalue weighted by Gasteiger charge is -2.32. The highest BCUT2D eigenvalue weighted by molar-refractivity contribution is 9.09. The first kappa shape index (κ1) is 14.0. The average molecular weight is 308 g/mol.